The number of carboxylic acids is 1. The molecule has 0 amide bonds. The number of anilines is 1. The van der Waals surface area contributed by atoms with E-state index in [1.807, 2.05) is 6.92 Å². The number of ether oxygens (including phenoxy) is 1. The summed E-state index contributed by atoms with van der Waals surface area (Å²) in [5.74, 6) is -1.54. The Labute approximate surface area is 165 Å². The summed E-state index contributed by atoms with van der Waals surface area (Å²) < 4.78 is 31.5. The van der Waals surface area contributed by atoms with Crippen molar-refractivity contribution < 1.29 is 23.1 Å². The maximum Gasteiger partial charge on any atom is 0.307 e. The number of nitrogens with one attached hydrogen (secondary N) is 1. The van der Waals surface area contributed by atoms with Gasteiger partial charge in [-0.15, -0.1) is 0 Å². The molecule has 0 saturated carbocycles. The fourth-order valence-corrected chi connectivity index (χ4v) is 6.28. The molecule has 3 unspecified atom stereocenters. The van der Waals surface area contributed by atoms with Crippen molar-refractivity contribution in [1.29, 1.82) is 0 Å². The first kappa shape index (κ1) is 19.2. The number of hydrogen-bond acceptors (Lipinski definition) is 5. The molecule has 1 aromatic carbocycles. The molecule has 2 aliphatic heterocycles. The number of carboxylic acid groups (broad SMARTS) is 1. The van der Waals surface area contributed by atoms with Gasteiger partial charge in [0.15, 0.2) is 0 Å². The summed E-state index contributed by atoms with van der Waals surface area (Å²) in [4.78, 5) is 12.6. The Kier molecular flexibility index (Phi) is 5.05. The van der Waals surface area contributed by atoms with Crippen LogP contribution in [-0.4, -0.2) is 32.7 Å². The number of fused-ring (bicyclic) bond motifs is 1. The second kappa shape index (κ2) is 7.37. The van der Waals surface area contributed by atoms with E-state index in [9.17, 15) is 18.3 Å². The summed E-state index contributed by atoms with van der Waals surface area (Å²) in [6.07, 6.45) is 5.72. The molecule has 7 heteroatoms. The number of sulfone groups is 1. The van der Waals surface area contributed by atoms with Crippen molar-refractivity contribution in [2.45, 2.75) is 31.1 Å². The molecule has 0 spiro atoms. The zero-order valence-corrected chi connectivity index (χ0v) is 16.6. The van der Waals surface area contributed by atoms with Crippen molar-refractivity contribution in [3.63, 3.8) is 0 Å². The molecular weight excluding hydrogens is 378 g/mol. The van der Waals surface area contributed by atoms with Gasteiger partial charge in [0.1, 0.15) is 0 Å². The van der Waals surface area contributed by atoms with Gasteiger partial charge in [-0.05, 0) is 49.3 Å². The third-order valence-corrected chi connectivity index (χ3v) is 8.08. The van der Waals surface area contributed by atoms with Crippen LogP contribution in [0.15, 0.2) is 51.9 Å². The Morgan fingerprint density at radius 2 is 2.00 bits per heavy atom. The average Bonchev–Trinajstić information content (AvgIpc) is 2.68. The van der Waals surface area contributed by atoms with Gasteiger partial charge in [-0.1, -0.05) is 25.1 Å². The molecule has 3 aliphatic rings. The molecule has 2 N–H and O–H groups in total. The molecule has 0 aromatic heterocycles. The van der Waals surface area contributed by atoms with Gasteiger partial charge in [-0.2, -0.15) is 0 Å². The Bertz CT molecular complexity index is 943. The maximum atomic E-state index is 13.0. The van der Waals surface area contributed by atoms with E-state index in [-0.39, 0.29) is 21.6 Å². The first-order valence-electron chi connectivity index (χ1n) is 9.73. The third-order valence-electron chi connectivity index (χ3n) is 6.21. The standard InChI is InChI=1S/C21H25NO5S/c1-13-15(16(21(23)24)12-14-8-10-27-11-9-14)6-7-19-20(13)22-17-4-2-3-5-18(17)28(19,25)26/h2-7,13-16,22H,8-12H2,1H3,(H,23,24). The monoisotopic (exact) mass is 403 g/mol. The minimum absolute atomic E-state index is 0.232. The van der Waals surface area contributed by atoms with Gasteiger partial charge in [0, 0.05) is 24.8 Å². The van der Waals surface area contributed by atoms with Gasteiger partial charge in [-0.25, -0.2) is 8.42 Å². The van der Waals surface area contributed by atoms with Gasteiger partial charge < -0.3 is 15.2 Å². The van der Waals surface area contributed by atoms with E-state index in [1.165, 1.54) is 0 Å². The minimum Gasteiger partial charge on any atom is -0.481 e. The van der Waals surface area contributed by atoms with Crippen LogP contribution in [0.4, 0.5) is 5.69 Å². The third kappa shape index (κ3) is 3.26. The zero-order chi connectivity index (χ0) is 19.9. The molecular formula is C21H25NO5S. The second-order valence-corrected chi connectivity index (χ2v) is 9.75. The number of carbonyl (C=O) groups is 1. The summed E-state index contributed by atoms with van der Waals surface area (Å²) >= 11 is 0. The normalized spacial score (nSPS) is 27.5. The van der Waals surface area contributed by atoms with Gasteiger partial charge >= 0.3 is 5.97 Å². The van der Waals surface area contributed by atoms with Crippen molar-refractivity contribution in [3.8, 4) is 0 Å². The van der Waals surface area contributed by atoms with Crippen molar-refractivity contribution in [2.24, 2.45) is 23.7 Å². The van der Waals surface area contributed by atoms with Crippen LogP contribution in [0.2, 0.25) is 0 Å². The second-order valence-electron chi connectivity index (χ2n) is 7.86. The molecule has 28 heavy (non-hydrogen) atoms. The Morgan fingerprint density at radius 3 is 2.71 bits per heavy atom. The minimum atomic E-state index is -3.61. The summed E-state index contributed by atoms with van der Waals surface area (Å²) in [7, 11) is -3.61. The summed E-state index contributed by atoms with van der Waals surface area (Å²) in [6, 6.07) is 6.83. The highest BCUT2D eigenvalue weighted by Gasteiger charge is 2.41. The molecule has 6 nitrogen and oxygen atoms in total. The quantitative estimate of drug-likeness (QED) is 0.800. The fourth-order valence-electron chi connectivity index (χ4n) is 4.60. The van der Waals surface area contributed by atoms with E-state index in [2.05, 4.69) is 5.32 Å². The van der Waals surface area contributed by atoms with Crippen molar-refractivity contribution in [1.82, 2.24) is 0 Å². The Balaban J connectivity index is 1.64. The molecule has 150 valence electrons. The smallest absolute Gasteiger partial charge is 0.307 e. The van der Waals surface area contributed by atoms with E-state index in [0.29, 0.717) is 36.9 Å². The number of aliphatic carboxylic acids is 1. The van der Waals surface area contributed by atoms with Crippen molar-refractivity contribution >= 4 is 21.5 Å². The summed E-state index contributed by atoms with van der Waals surface area (Å²) in [5.41, 5.74) is 1.16. The van der Waals surface area contributed by atoms with Crippen LogP contribution in [0.25, 0.3) is 0 Å². The molecule has 0 bridgehead atoms. The van der Waals surface area contributed by atoms with Crippen LogP contribution in [0, 0.1) is 23.7 Å². The lowest BCUT2D eigenvalue weighted by Gasteiger charge is -2.37. The predicted octanol–water partition coefficient (Wildman–Crippen LogP) is 3.44. The van der Waals surface area contributed by atoms with Crippen molar-refractivity contribution in [2.75, 3.05) is 18.5 Å². The number of para-hydroxylation sites is 1. The Morgan fingerprint density at radius 1 is 1.29 bits per heavy atom. The van der Waals surface area contributed by atoms with Gasteiger partial charge in [-0.3, -0.25) is 4.79 Å². The largest absolute Gasteiger partial charge is 0.481 e. The molecule has 1 saturated heterocycles. The highest BCUT2D eigenvalue weighted by Crippen LogP contribution is 2.44. The van der Waals surface area contributed by atoms with Crippen LogP contribution < -0.4 is 5.32 Å². The van der Waals surface area contributed by atoms with Gasteiger partial charge in [0.2, 0.25) is 9.84 Å². The average molecular weight is 404 g/mol. The first-order valence-corrected chi connectivity index (χ1v) is 11.2. The molecule has 1 aromatic rings. The lowest BCUT2D eigenvalue weighted by Crippen LogP contribution is -2.36. The first-order chi connectivity index (χ1) is 13.4. The van der Waals surface area contributed by atoms with Gasteiger partial charge in [0.25, 0.3) is 0 Å². The molecule has 3 atom stereocenters. The van der Waals surface area contributed by atoms with Gasteiger partial charge in [0.05, 0.1) is 21.4 Å². The molecule has 2 heterocycles. The molecule has 0 radical (unpaired) electrons. The van der Waals surface area contributed by atoms with Crippen LogP contribution in [0.5, 0.6) is 0 Å². The molecule has 1 aliphatic carbocycles. The van der Waals surface area contributed by atoms with Crippen LogP contribution in [0.1, 0.15) is 26.2 Å². The SMILES string of the molecule is CC1C2=C(C=CC1C(CC1CCOCC1)C(=O)O)S(=O)(=O)c1ccccc1N2. The number of allylic oxidation sites excluding steroid dienone is 3. The van der Waals surface area contributed by atoms with Crippen molar-refractivity contribution in [3.05, 3.63) is 47.0 Å². The van der Waals surface area contributed by atoms with Crippen LogP contribution in [-0.2, 0) is 19.4 Å². The molecule has 4 rings (SSSR count). The Hall–Kier alpha value is -2.12. The number of hydrogen-bond donors (Lipinski definition) is 2. The highest BCUT2D eigenvalue weighted by atomic mass is 32.2. The van der Waals surface area contributed by atoms with E-state index in [0.717, 1.165) is 12.8 Å². The summed E-state index contributed by atoms with van der Waals surface area (Å²) in [6.45, 7) is 3.28. The number of rotatable bonds is 4. The van der Waals surface area contributed by atoms with E-state index < -0.39 is 21.7 Å². The lowest BCUT2D eigenvalue weighted by atomic mass is 9.73. The van der Waals surface area contributed by atoms with Crippen LogP contribution in [0.3, 0.4) is 0 Å². The topological polar surface area (TPSA) is 92.7 Å². The lowest BCUT2D eigenvalue weighted by molar-refractivity contribution is -0.144. The highest BCUT2D eigenvalue weighted by molar-refractivity contribution is 7.95. The zero-order valence-electron chi connectivity index (χ0n) is 15.8. The van der Waals surface area contributed by atoms with Crippen LogP contribution >= 0.6 is 0 Å². The fraction of sp³-hybridized carbons (Fsp3) is 0.476. The predicted molar refractivity (Wildman–Crippen MR) is 105 cm³/mol. The number of benzene rings is 1. The van der Waals surface area contributed by atoms with E-state index in [4.69, 9.17) is 4.74 Å². The van der Waals surface area contributed by atoms with E-state index >= 15 is 0 Å². The van der Waals surface area contributed by atoms with E-state index in [1.54, 1.807) is 36.4 Å². The maximum absolute atomic E-state index is 13.0. The molecule has 1 fully saturated rings. The summed E-state index contributed by atoms with van der Waals surface area (Å²) in [5, 5.41) is 13.2.